The van der Waals surface area contributed by atoms with Crippen molar-refractivity contribution in [1.82, 2.24) is 0 Å². The molecule has 1 heterocycles. The lowest BCUT2D eigenvalue weighted by atomic mass is 10.0. The Morgan fingerprint density at radius 2 is 1.95 bits per heavy atom. The van der Waals surface area contributed by atoms with Crippen LogP contribution in [0.5, 0.6) is 0 Å². The van der Waals surface area contributed by atoms with Crippen LogP contribution in [0.3, 0.4) is 0 Å². The topological polar surface area (TPSA) is 67.8 Å². The van der Waals surface area contributed by atoms with Crippen molar-refractivity contribution < 1.29 is 26.4 Å². The van der Waals surface area contributed by atoms with Gasteiger partial charge in [0.25, 0.3) is 0 Å². The van der Waals surface area contributed by atoms with E-state index in [1.807, 2.05) is 6.92 Å². The molecule has 0 aromatic heterocycles. The number of sulfonamides is 1. The SMILES string of the molecule is CC1CC(Cc2ccc(NS(=O)(=O)C(F)(F)F)cc2)=NO1. The van der Waals surface area contributed by atoms with Crippen LogP contribution in [-0.2, 0) is 21.3 Å². The average Bonchev–Trinajstić information content (AvgIpc) is 2.75. The number of halogens is 3. The van der Waals surface area contributed by atoms with E-state index in [0.717, 1.165) is 11.3 Å². The van der Waals surface area contributed by atoms with Gasteiger partial charge in [0, 0.05) is 18.5 Å². The molecular weight excluding hydrogens is 309 g/mol. The summed E-state index contributed by atoms with van der Waals surface area (Å²) in [7, 11) is -5.39. The minimum Gasteiger partial charge on any atom is -0.392 e. The van der Waals surface area contributed by atoms with Gasteiger partial charge in [-0.1, -0.05) is 17.3 Å². The number of nitrogens with one attached hydrogen (secondary N) is 1. The van der Waals surface area contributed by atoms with Crippen molar-refractivity contribution in [1.29, 1.82) is 0 Å². The Morgan fingerprint density at radius 3 is 2.43 bits per heavy atom. The second-order valence-corrected chi connectivity index (χ2v) is 6.38. The Kier molecular flexibility index (Phi) is 4.13. The van der Waals surface area contributed by atoms with Crippen molar-refractivity contribution in [2.24, 2.45) is 5.16 Å². The van der Waals surface area contributed by atoms with Crippen LogP contribution < -0.4 is 4.72 Å². The lowest BCUT2D eigenvalue weighted by Gasteiger charge is -2.10. The number of alkyl halides is 3. The fourth-order valence-corrected chi connectivity index (χ4v) is 2.38. The normalized spacial score (nSPS) is 19.0. The molecule has 1 aliphatic rings. The van der Waals surface area contributed by atoms with Gasteiger partial charge in [-0.25, -0.2) is 0 Å². The number of hydrogen-bond acceptors (Lipinski definition) is 4. The van der Waals surface area contributed by atoms with Gasteiger partial charge in [0.2, 0.25) is 0 Å². The van der Waals surface area contributed by atoms with E-state index in [-0.39, 0.29) is 11.8 Å². The highest BCUT2D eigenvalue weighted by Crippen LogP contribution is 2.25. The monoisotopic (exact) mass is 322 g/mol. The van der Waals surface area contributed by atoms with E-state index < -0.39 is 15.5 Å². The minimum absolute atomic E-state index is 0.0258. The van der Waals surface area contributed by atoms with Crippen molar-refractivity contribution in [3.05, 3.63) is 29.8 Å². The predicted molar refractivity (Wildman–Crippen MR) is 71.3 cm³/mol. The molecule has 0 radical (unpaired) electrons. The Balaban J connectivity index is 2.03. The minimum atomic E-state index is -5.39. The zero-order chi connectivity index (χ0) is 15.7. The van der Waals surface area contributed by atoms with Crippen LogP contribution in [0.25, 0.3) is 0 Å². The summed E-state index contributed by atoms with van der Waals surface area (Å²) in [5.74, 6) is 0. The molecule has 5 nitrogen and oxygen atoms in total. The standard InChI is InChI=1S/C12H13F3N2O3S/c1-8-6-11(16-20-8)7-9-2-4-10(5-3-9)17-21(18,19)12(13,14)15/h2-5,8,17H,6-7H2,1H3. The first-order chi connectivity index (χ1) is 9.67. The second-order valence-electron chi connectivity index (χ2n) is 4.70. The van der Waals surface area contributed by atoms with E-state index >= 15 is 0 Å². The van der Waals surface area contributed by atoms with Gasteiger partial charge in [-0.05, 0) is 24.6 Å². The van der Waals surface area contributed by atoms with E-state index in [9.17, 15) is 21.6 Å². The van der Waals surface area contributed by atoms with E-state index in [1.165, 1.54) is 16.9 Å². The Bertz CT molecular complexity index is 639. The van der Waals surface area contributed by atoms with Gasteiger partial charge in [-0.2, -0.15) is 21.6 Å². The van der Waals surface area contributed by atoms with Crippen LogP contribution in [0.4, 0.5) is 18.9 Å². The summed E-state index contributed by atoms with van der Waals surface area (Å²) in [6.45, 7) is 1.88. The van der Waals surface area contributed by atoms with Gasteiger partial charge < -0.3 is 4.84 Å². The quantitative estimate of drug-likeness (QED) is 0.926. The number of anilines is 1. The summed E-state index contributed by atoms with van der Waals surface area (Å²) in [5, 5.41) is 3.88. The summed E-state index contributed by atoms with van der Waals surface area (Å²) in [6, 6.07) is 5.64. The van der Waals surface area contributed by atoms with E-state index in [4.69, 9.17) is 4.84 Å². The second kappa shape index (κ2) is 5.55. The van der Waals surface area contributed by atoms with Gasteiger partial charge >= 0.3 is 15.5 Å². The molecule has 0 fully saturated rings. The molecule has 9 heteroatoms. The molecule has 0 saturated carbocycles. The first-order valence-corrected chi connectivity index (χ1v) is 7.55. The number of oxime groups is 1. The molecule has 1 unspecified atom stereocenters. The van der Waals surface area contributed by atoms with Gasteiger partial charge in [0.05, 0.1) is 5.71 Å². The molecular formula is C12H13F3N2O3S. The van der Waals surface area contributed by atoms with Crippen LogP contribution in [0.1, 0.15) is 18.9 Å². The average molecular weight is 322 g/mol. The Hall–Kier alpha value is -1.77. The molecule has 21 heavy (non-hydrogen) atoms. The Morgan fingerprint density at radius 1 is 1.33 bits per heavy atom. The third-order valence-corrected chi connectivity index (χ3v) is 3.92. The Labute approximate surface area is 119 Å². The van der Waals surface area contributed by atoms with Gasteiger partial charge in [0.15, 0.2) is 0 Å². The first-order valence-electron chi connectivity index (χ1n) is 6.07. The molecule has 0 bridgehead atoms. The fourth-order valence-electron chi connectivity index (χ4n) is 1.81. The molecule has 2 rings (SSSR count). The smallest absolute Gasteiger partial charge is 0.392 e. The molecule has 0 saturated heterocycles. The summed E-state index contributed by atoms with van der Waals surface area (Å²) in [5.41, 5.74) is -3.83. The van der Waals surface area contributed by atoms with Crippen LogP contribution in [0.15, 0.2) is 29.4 Å². The van der Waals surface area contributed by atoms with Crippen LogP contribution in [-0.4, -0.2) is 25.7 Å². The lowest BCUT2D eigenvalue weighted by molar-refractivity contribution is -0.0429. The van der Waals surface area contributed by atoms with Crippen LogP contribution >= 0.6 is 0 Å². The van der Waals surface area contributed by atoms with Crippen molar-refractivity contribution in [3.8, 4) is 0 Å². The lowest BCUT2D eigenvalue weighted by Crippen LogP contribution is -2.29. The van der Waals surface area contributed by atoms with Crippen molar-refractivity contribution >= 4 is 21.4 Å². The maximum Gasteiger partial charge on any atom is 0.516 e. The highest BCUT2D eigenvalue weighted by Gasteiger charge is 2.45. The summed E-state index contributed by atoms with van der Waals surface area (Å²) >= 11 is 0. The number of benzene rings is 1. The highest BCUT2D eigenvalue weighted by molar-refractivity contribution is 7.93. The third-order valence-electron chi connectivity index (χ3n) is 2.80. The summed E-state index contributed by atoms with van der Waals surface area (Å²) in [6.07, 6.45) is 1.23. The maximum absolute atomic E-state index is 12.2. The predicted octanol–water partition coefficient (Wildman–Crippen LogP) is 2.66. The van der Waals surface area contributed by atoms with E-state index in [2.05, 4.69) is 5.16 Å². The van der Waals surface area contributed by atoms with Crippen molar-refractivity contribution in [2.45, 2.75) is 31.4 Å². The van der Waals surface area contributed by atoms with Crippen molar-refractivity contribution in [3.63, 3.8) is 0 Å². The number of hydrogen-bond donors (Lipinski definition) is 1. The molecule has 1 aliphatic heterocycles. The summed E-state index contributed by atoms with van der Waals surface area (Å²) in [4.78, 5) is 5.04. The molecule has 1 aromatic rings. The van der Waals surface area contributed by atoms with Crippen molar-refractivity contribution in [2.75, 3.05) is 4.72 Å². The maximum atomic E-state index is 12.2. The molecule has 1 aromatic carbocycles. The largest absolute Gasteiger partial charge is 0.516 e. The van der Waals surface area contributed by atoms with Crippen LogP contribution in [0.2, 0.25) is 0 Å². The molecule has 0 amide bonds. The van der Waals surface area contributed by atoms with E-state index in [0.29, 0.717) is 12.8 Å². The zero-order valence-electron chi connectivity index (χ0n) is 11.0. The number of nitrogens with zero attached hydrogens (tertiary/aromatic N) is 1. The zero-order valence-corrected chi connectivity index (χ0v) is 11.8. The molecule has 0 spiro atoms. The first kappa shape index (κ1) is 15.6. The molecule has 1 N–H and O–H groups in total. The van der Waals surface area contributed by atoms with Crippen LogP contribution in [0, 0.1) is 0 Å². The highest BCUT2D eigenvalue weighted by atomic mass is 32.2. The third kappa shape index (κ3) is 3.87. The fraction of sp³-hybridized carbons (Fsp3) is 0.417. The molecule has 116 valence electrons. The van der Waals surface area contributed by atoms with E-state index in [1.54, 1.807) is 12.1 Å². The van der Waals surface area contributed by atoms with Gasteiger partial charge in [0.1, 0.15) is 6.10 Å². The number of rotatable bonds is 4. The summed E-state index contributed by atoms with van der Waals surface area (Å²) < 4.78 is 60.1. The molecule has 0 aliphatic carbocycles. The molecule has 1 atom stereocenters. The van der Waals surface area contributed by atoms with Gasteiger partial charge in [-0.15, -0.1) is 0 Å². The van der Waals surface area contributed by atoms with Gasteiger partial charge in [-0.3, -0.25) is 4.72 Å².